The van der Waals surface area contributed by atoms with Crippen molar-refractivity contribution in [2.45, 2.75) is 64.8 Å². The van der Waals surface area contributed by atoms with Crippen LogP contribution >= 0.6 is 0 Å². The van der Waals surface area contributed by atoms with Crippen LogP contribution in [0.5, 0.6) is 0 Å². The Labute approximate surface area is 214 Å². The number of nitrogens with one attached hydrogen (secondary N) is 2. The third kappa shape index (κ3) is 8.47. The molecule has 2 amide bonds. The minimum absolute atomic E-state index is 0.0365. The molecule has 3 aromatic carbocycles. The van der Waals surface area contributed by atoms with Crippen molar-refractivity contribution in [1.29, 1.82) is 0 Å². The fraction of sp³-hybridized carbons (Fsp3) is 0.400. The number of carbonyl (C=O) groups excluding carboxylic acids is 2. The number of fused-ring (bicyclic) bond motifs is 1. The summed E-state index contributed by atoms with van der Waals surface area (Å²) >= 11 is 0. The fourth-order valence-corrected chi connectivity index (χ4v) is 4.19. The first-order chi connectivity index (χ1) is 17.5. The van der Waals surface area contributed by atoms with Crippen molar-refractivity contribution in [3.05, 3.63) is 83.9 Å². The lowest BCUT2D eigenvalue weighted by Crippen LogP contribution is -2.50. The van der Waals surface area contributed by atoms with E-state index in [1.807, 2.05) is 62.4 Å². The molecule has 0 aromatic heterocycles. The maximum Gasteiger partial charge on any atom is 0.243 e. The molecule has 0 spiro atoms. The van der Waals surface area contributed by atoms with Crippen LogP contribution < -0.4 is 16.4 Å². The number of amides is 2. The molecule has 0 heterocycles. The Morgan fingerprint density at radius 3 is 2.47 bits per heavy atom. The molecule has 6 nitrogen and oxygen atoms in total. The summed E-state index contributed by atoms with van der Waals surface area (Å²) in [5.74, 6) is -0.242. The normalized spacial score (nSPS) is 13.6. The molecule has 0 aliphatic rings. The zero-order valence-corrected chi connectivity index (χ0v) is 21.4. The van der Waals surface area contributed by atoms with Crippen LogP contribution in [0.15, 0.2) is 72.8 Å². The van der Waals surface area contributed by atoms with Gasteiger partial charge in [-0.25, -0.2) is 0 Å². The summed E-state index contributed by atoms with van der Waals surface area (Å²) in [5.41, 5.74) is 8.39. The van der Waals surface area contributed by atoms with Crippen LogP contribution in [-0.2, 0) is 27.5 Å². The first kappa shape index (κ1) is 27.4. The SMILES string of the molecule is CC[C@H](C)C(NC(=O)CCC[C@@H](N)COCc1cccc2ccccc12)C(=O)NCc1ccccc1. The highest BCUT2D eigenvalue weighted by atomic mass is 16.5. The molecule has 0 bridgehead atoms. The van der Waals surface area contributed by atoms with Crippen molar-refractivity contribution in [3.63, 3.8) is 0 Å². The second-order valence-electron chi connectivity index (χ2n) is 9.44. The zero-order chi connectivity index (χ0) is 25.8. The van der Waals surface area contributed by atoms with Gasteiger partial charge in [0, 0.05) is 19.0 Å². The van der Waals surface area contributed by atoms with E-state index in [1.54, 1.807) is 0 Å². The van der Waals surface area contributed by atoms with Gasteiger partial charge < -0.3 is 21.1 Å². The molecule has 3 rings (SSSR count). The molecule has 3 atom stereocenters. The number of ether oxygens (including phenoxy) is 1. The maximum atomic E-state index is 12.8. The van der Waals surface area contributed by atoms with Crippen LogP contribution in [0.25, 0.3) is 10.8 Å². The van der Waals surface area contributed by atoms with E-state index in [0.717, 1.165) is 17.5 Å². The second-order valence-corrected chi connectivity index (χ2v) is 9.44. The molecule has 3 aromatic rings. The molecule has 0 saturated heterocycles. The van der Waals surface area contributed by atoms with Gasteiger partial charge in [0.2, 0.25) is 11.8 Å². The van der Waals surface area contributed by atoms with Gasteiger partial charge in [-0.1, -0.05) is 93.1 Å². The molecular weight excluding hydrogens is 450 g/mol. The number of hydrogen-bond donors (Lipinski definition) is 3. The van der Waals surface area contributed by atoms with Crippen LogP contribution in [0.1, 0.15) is 50.7 Å². The summed E-state index contributed by atoms with van der Waals surface area (Å²) < 4.78 is 5.87. The van der Waals surface area contributed by atoms with E-state index in [4.69, 9.17) is 10.5 Å². The summed E-state index contributed by atoms with van der Waals surface area (Å²) in [7, 11) is 0. The molecule has 0 aliphatic heterocycles. The van der Waals surface area contributed by atoms with Crippen LogP contribution in [-0.4, -0.2) is 30.5 Å². The van der Waals surface area contributed by atoms with Gasteiger partial charge in [-0.05, 0) is 40.7 Å². The monoisotopic (exact) mass is 489 g/mol. The average molecular weight is 490 g/mol. The van der Waals surface area contributed by atoms with E-state index >= 15 is 0 Å². The van der Waals surface area contributed by atoms with Crippen molar-refractivity contribution in [2.75, 3.05) is 6.61 Å². The van der Waals surface area contributed by atoms with E-state index in [0.29, 0.717) is 39.0 Å². The number of hydrogen-bond acceptors (Lipinski definition) is 4. The highest BCUT2D eigenvalue weighted by Gasteiger charge is 2.25. The van der Waals surface area contributed by atoms with Gasteiger partial charge in [-0.15, -0.1) is 0 Å². The van der Waals surface area contributed by atoms with Gasteiger partial charge in [0.15, 0.2) is 0 Å². The van der Waals surface area contributed by atoms with E-state index in [9.17, 15) is 9.59 Å². The van der Waals surface area contributed by atoms with Gasteiger partial charge in [0.25, 0.3) is 0 Å². The zero-order valence-electron chi connectivity index (χ0n) is 21.4. The summed E-state index contributed by atoms with van der Waals surface area (Å²) in [6, 6.07) is 23.5. The minimum atomic E-state index is -0.552. The molecule has 0 aliphatic carbocycles. The van der Waals surface area contributed by atoms with Gasteiger partial charge in [0.1, 0.15) is 6.04 Å². The van der Waals surface area contributed by atoms with Gasteiger partial charge in [-0.2, -0.15) is 0 Å². The van der Waals surface area contributed by atoms with Crippen LogP contribution in [0.4, 0.5) is 0 Å². The van der Waals surface area contributed by atoms with Crippen molar-refractivity contribution >= 4 is 22.6 Å². The number of nitrogens with two attached hydrogens (primary N) is 1. The highest BCUT2D eigenvalue weighted by molar-refractivity contribution is 5.88. The van der Waals surface area contributed by atoms with Crippen molar-refractivity contribution in [2.24, 2.45) is 11.7 Å². The molecule has 1 unspecified atom stereocenters. The smallest absolute Gasteiger partial charge is 0.243 e. The summed E-state index contributed by atoms with van der Waals surface area (Å²) in [5, 5.41) is 8.27. The lowest BCUT2D eigenvalue weighted by molar-refractivity contribution is -0.130. The Morgan fingerprint density at radius 2 is 1.69 bits per heavy atom. The van der Waals surface area contributed by atoms with Crippen LogP contribution in [0.3, 0.4) is 0 Å². The quantitative estimate of drug-likeness (QED) is 0.306. The first-order valence-corrected chi connectivity index (χ1v) is 12.9. The molecule has 0 radical (unpaired) electrons. The molecular formula is C30H39N3O3. The molecule has 0 fully saturated rings. The Balaban J connectivity index is 1.38. The number of carbonyl (C=O) groups is 2. The minimum Gasteiger partial charge on any atom is -0.375 e. The summed E-state index contributed by atoms with van der Waals surface area (Å²) in [6.45, 7) is 5.38. The average Bonchev–Trinajstić information content (AvgIpc) is 2.90. The Kier molecular flexibility index (Phi) is 10.9. The van der Waals surface area contributed by atoms with E-state index in [1.165, 1.54) is 10.8 Å². The topological polar surface area (TPSA) is 93.5 Å². The number of benzene rings is 3. The second kappa shape index (κ2) is 14.4. The summed E-state index contributed by atoms with van der Waals surface area (Å²) in [4.78, 5) is 25.4. The fourth-order valence-electron chi connectivity index (χ4n) is 4.19. The van der Waals surface area contributed by atoms with Crippen molar-refractivity contribution in [3.8, 4) is 0 Å². The van der Waals surface area contributed by atoms with Crippen LogP contribution in [0, 0.1) is 5.92 Å². The molecule has 4 N–H and O–H groups in total. The lowest BCUT2D eigenvalue weighted by atomic mass is 9.97. The maximum absolute atomic E-state index is 12.8. The van der Waals surface area contributed by atoms with Crippen molar-refractivity contribution in [1.82, 2.24) is 10.6 Å². The largest absolute Gasteiger partial charge is 0.375 e. The standard InChI is InChI=1S/C30H39N3O3/c1-3-22(2)29(30(35)32-19-23-11-5-4-6-12-23)33-28(34)18-10-16-26(31)21-36-20-25-15-9-14-24-13-7-8-17-27(24)25/h4-9,11-15,17,22,26,29H,3,10,16,18-21,31H2,1-2H3,(H,32,35)(H,33,34)/t22-,26+,29?/m0/s1. The lowest BCUT2D eigenvalue weighted by Gasteiger charge is -2.24. The Morgan fingerprint density at radius 1 is 0.972 bits per heavy atom. The first-order valence-electron chi connectivity index (χ1n) is 12.9. The Hall–Kier alpha value is -3.22. The van der Waals surface area contributed by atoms with E-state index in [2.05, 4.69) is 34.9 Å². The third-order valence-electron chi connectivity index (χ3n) is 6.57. The predicted molar refractivity (Wildman–Crippen MR) is 145 cm³/mol. The van der Waals surface area contributed by atoms with Crippen molar-refractivity contribution < 1.29 is 14.3 Å². The van der Waals surface area contributed by atoms with Gasteiger partial charge in [0.05, 0.1) is 13.2 Å². The predicted octanol–water partition coefficient (Wildman–Crippen LogP) is 4.70. The molecule has 6 heteroatoms. The van der Waals surface area contributed by atoms with E-state index < -0.39 is 6.04 Å². The number of rotatable bonds is 14. The van der Waals surface area contributed by atoms with Gasteiger partial charge in [-0.3, -0.25) is 9.59 Å². The molecule has 0 saturated carbocycles. The van der Waals surface area contributed by atoms with Gasteiger partial charge >= 0.3 is 0 Å². The third-order valence-corrected chi connectivity index (χ3v) is 6.57. The van der Waals surface area contributed by atoms with E-state index in [-0.39, 0.29) is 23.8 Å². The molecule has 192 valence electrons. The molecule has 36 heavy (non-hydrogen) atoms. The summed E-state index contributed by atoms with van der Waals surface area (Å²) in [6.07, 6.45) is 2.44. The Bertz CT molecular complexity index is 1100. The van der Waals surface area contributed by atoms with Crippen LogP contribution in [0.2, 0.25) is 0 Å². The highest BCUT2D eigenvalue weighted by Crippen LogP contribution is 2.19.